The Labute approximate surface area is 213 Å². The first-order valence-electron chi connectivity index (χ1n) is 11.7. The molecule has 7 nitrogen and oxygen atoms in total. The molecule has 0 spiro atoms. The van der Waals surface area contributed by atoms with E-state index in [1.807, 2.05) is 60.9 Å². The number of fused-ring (bicyclic) bond motifs is 1. The first-order valence-corrected chi connectivity index (χ1v) is 12.4. The van der Waals surface area contributed by atoms with Gasteiger partial charge < -0.3 is 19.2 Å². The summed E-state index contributed by atoms with van der Waals surface area (Å²) < 4.78 is 48.2. The minimum atomic E-state index is -2.59. The minimum absolute atomic E-state index is 0.0754. The number of aryl methyl sites for hydroxylation is 1. The summed E-state index contributed by atoms with van der Waals surface area (Å²) in [5.41, 5.74) is 3.86. The van der Waals surface area contributed by atoms with Gasteiger partial charge in [-0.1, -0.05) is 43.3 Å². The summed E-state index contributed by atoms with van der Waals surface area (Å²) in [5.74, 6) is -1.46. The Hall–Kier alpha value is -3.37. The number of ether oxygens (including phenoxy) is 1. The van der Waals surface area contributed by atoms with E-state index >= 15 is 0 Å². The Morgan fingerprint density at radius 3 is 2.58 bits per heavy atom. The lowest BCUT2D eigenvalue weighted by Crippen LogP contribution is -2.25. The molecular formula is C26H31F2N5O2S. The fourth-order valence-electron chi connectivity index (χ4n) is 4.18. The summed E-state index contributed by atoms with van der Waals surface area (Å²) in [5, 5.41) is 1.12. The molecule has 0 amide bonds. The first kappa shape index (κ1) is 27.2. The maximum Gasteiger partial charge on any atom is 0.266 e. The number of imidazole rings is 1. The number of anilines is 1. The summed E-state index contributed by atoms with van der Waals surface area (Å²) in [4.78, 5) is 9.36. The SMILES string of the molecule is CCc1nccn1CCOC.FC1(F)CCN(c2ccccc2-c2cc3ccccc3[nH]2)C1.N=S=O. The van der Waals surface area contributed by atoms with Crippen molar-refractivity contribution < 1.29 is 17.7 Å². The van der Waals surface area contributed by atoms with Gasteiger partial charge in [-0.05, 0) is 18.2 Å². The number of benzene rings is 2. The second kappa shape index (κ2) is 13.1. The minimum Gasteiger partial charge on any atom is -0.383 e. The van der Waals surface area contributed by atoms with Crippen LogP contribution >= 0.6 is 0 Å². The number of H-pyrrole nitrogens is 1. The number of rotatable bonds is 6. The van der Waals surface area contributed by atoms with E-state index in [4.69, 9.17) is 13.7 Å². The first-order chi connectivity index (χ1) is 17.4. The molecule has 4 aromatic rings. The molecule has 0 unspecified atom stereocenters. The van der Waals surface area contributed by atoms with Gasteiger partial charge in [0.1, 0.15) is 5.82 Å². The van der Waals surface area contributed by atoms with Crippen molar-refractivity contribution in [3.63, 3.8) is 0 Å². The molecule has 1 aliphatic rings. The predicted molar refractivity (Wildman–Crippen MR) is 140 cm³/mol. The zero-order chi connectivity index (χ0) is 26.0. The van der Waals surface area contributed by atoms with Gasteiger partial charge in [0.25, 0.3) is 5.92 Å². The zero-order valence-corrected chi connectivity index (χ0v) is 21.2. The highest BCUT2D eigenvalue weighted by atomic mass is 32.1. The second-order valence-electron chi connectivity index (χ2n) is 8.28. The average Bonchev–Trinajstić information content (AvgIpc) is 3.61. The fraction of sp³-hybridized carbons (Fsp3) is 0.346. The summed E-state index contributed by atoms with van der Waals surface area (Å²) in [6.45, 7) is 3.95. The Morgan fingerprint density at radius 1 is 1.19 bits per heavy atom. The Kier molecular flexibility index (Phi) is 9.89. The van der Waals surface area contributed by atoms with Crippen molar-refractivity contribution in [3.8, 4) is 11.3 Å². The van der Waals surface area contributed by atoms with E-state index in [1.54, 1.807) is 12.0 Å². The van der Waals surface area contributed by atoms with Gasteiger partial charge in [-0.25, -0.2) is 18.5 Å². The Balaban J connectivity index is 0.000000217. The lowest BCUT2D eigenvalue weighted by Gasteiger charge is -2.21. The fourth-order valence-corrected chi connectivity index (χ4v) is 4.18. The number of hydrogen-bond acceptors (Lipinski definition) is 5. The molecule has 5 rings (SSSR count). The van der Waals surface area contributed by atoms with Gasteiger partial charge in [-0.15, -0.1) is 0 Å². The lowest BCUT2D eigenvalue weighted by atomic mass is 10.1. The van der Waals surface area contributed by atoms with Crippen LogP contribution < -0.4 is 4.90 Å². The molecule has 0 saturated carbocycles. The quantitative estimate of drug-likeness (QED) is 0.343. The van der Waals surface area contributed by atoms with Gasteiger partial charge in [0.2, 0.25) is 0 Å². The van der Waals surface area contributed by atoms with E-state index in [-0.39, 0.29) is 24.4 Å². The predicted octanol–water partition coefficient (Wildman–Crippen LogP) is 5.73. The van der Waals surface area contributed by atoms with Crippen molar-refractivity contribution in [2.45, 2.75) is 32.2 Å². The molecule has 0 aliphatic carbocycles. The van der Waals surface area contributed by atoms with Gasteiger partial charge in [-0.2, -0.15) is 4.21 Å². The van der Waals surface area contributed by atoms with Crippen molar-refractivity contribution in [2.24, 2.45) is 0 Å². The summed E-state index contributed by atoms with van der Waals surface area (Å²) in [6.07, 6.45) is 4.72. The molecule has 2 N–H and O–H groups in total. The van der Waals surface area contributed by atoms with Crippen LogP contribution in [0.5, 0.6) is 0 Å². The van der Waals surface area contributed by atoms with Gasteiger partial charge in [-0.3, -0.25) is 0 Å². The van der Waals surface area contributed by atoms with Gasteiger partial charge in [0.15, 0.2) is 11.5 Å². The number of nitrogens with zero attached hydrogens (tertiary/aromatic N) is 3. The van der Waals surface area contributed by atoms with Crippen LogP contribution in [-0.4, -0.2) is 51.5 Å². The number of hydrogen-bond donors (Lipinski definition) is 2. The zero-order valence-electron chi connectivity index (χ0n) is 20.4. The summed E-state index contributed by atoms with van der Waals surface area (Å²) in [7, 11) is 1.71. The number of methoxy groups -OCH3 is 1. The van der Waals surface area contributed by atoms with Crippen LogP contribution in [0.4, 0.5) is 14.5 Å². The molecule has 1 fully saturated rings. The average molecular weight is 516 g/mol. The van der Waals surface area contributed by atoms with E-state index in [9.17, 15) is 8.78 Å². The van der Waals surface area contributed by atoms with Crippen molar-refractivity contribution in [1.82, 2.24) is 14.5 Å². The van der Waals surface area contributed by atoms with E-state index in [0.29, 0.717) is 6.54 Å². The smallest absolute Gasteiger partial charge is 0.266 e. The van der Waals surface area contributed by atoms with Crippen LogP contribution in [0.3, 0.4) is 0 Å². The molecule has 1 aliphatic heterocycles. The highest BCUT2D eigenvalue weighted by Gasteiger charge is 2.38. The molecule has 3 heterocycles. The molecule has 36 heavy (non-hydrogen) atoms. The number of aromatic amines is 1. The molecular weight excluding hydrogens is 484 g/mol. The number of alkyl halides is 2. The molecule has 0 bridgehead atoms. The van der Waals surface area contributed by atoms with Gasteiger partial charge in [0, 0.05) is 73.3 Å². The third kappa shape index (κ3) is 7.08. The molecule has 1 saturated heterocycles. The monoisotopic (exact) mass is 515 g/mol. The third-order valence-electron chi connectivity index (χ3n) is 5.89. The maximum absolute atomic E-state index is 13.5. The van der Waals surface area contributed by atoms with E-state index in [1.165, 1.54) is 0 Å². The second-order valence-corrected chi connectivity index (χ2v) is 8.45. The van der Waals surface area contributed by atoms with Crippen LogP contribution in [0.2, 0.25) is 0 Å². The largest absolute Gasteiger partial charge is 0.383 e. The van der Waals surface area contributed by atoms with E-state index in [2.05, 4.69) is 27.5 Å². The van der Waals surface area contributed by atoms with Crippen LogP contribution in [0.15, 0.2) is 67.0 Å². The van der Waals surface area contributed by atoms with Crippen molar-refractivity contribution in [1.29, 1.82) is 4.78 Å². The highest BCUT2D eigenvalue weighted by molar-refractivity contribution is 7.53. The topological polar surface area (TPSA) is 87.0 Å². The number of aromatic nitrogens is 3. The Morgan fingerprint density at radius 2 is 1.92 bits per heavy atom. The van der Waals surface area contributed by atoms with Crippen molar-refractivity contribution in [2.75, 3.05) is 31.7 Å². The number of halogens is 2. The van der Waals surface area contributed by atoms with Crippen molar-refractivity contribution in [3.05, 3.63) is 72.8 Å². The molecule has 10 heteroatoms. The van der Waals surface area contributed by atoms with Crippen LogP contribution in [0, 0.1) is 4.78 Å². The third-order valence-corrected chi connectivity index (χ3v) is 5.89. The van der Waals surface area contributed by atoms with Crippen molar-refractivity contribution >= 4 is 28.1 Å². The van der Waals surface area contributed by atoms with Crippen LogP contribution in [0.25, 0.3) is 22.2 Å². The molecule has 2 aromatic heterocycles. The number of para-hydroxylation sites is 2. The van der Waals surface area contributed by atoms with Crippen LogP contribution in [0.1, 0.15) is 19.2 Å². The maximum atomic E-state index is 13.5. The normalized spacial score (nSPS) is 14.1. The van der Waals surface area contributed by atoms with E-state index in [0.717, 1.165) is 53.2 Å². The van der Waals surface area contributed by atoms with E-state index < -0.39 is 5.92 Å². The lowest BCUT2D eigenvalue weighted by molar-refractivity contribution is 0.0257. The molecule has 0 radical (unpaired) electrons. The highest BCUT2D eigenvalue weighted by Crippen LogP contribution is 2.37. The van der Waals surface area contributed by atoms with Gasteiger partial charge >= 0.3 is 0 Å². The molecule has 0 atom stereocenters. The molecule has 2 aromatic carbocycles. The molecule has 192 valence electrons. The number of nitrogens with one attached hydrogen (secondary N) is 2. The van der Waals surface area contributed by atoms with Crippen LogP contribution in [-0.2, 0) is 29.2 Å². The summed E-state index contributed by atoms with van der Waals surface area (Å²) >= 11 is -0.250. The van der Waals surface area contributed by atoms with Gasteiger partial charge in [0.05, 0.1) is 13.2 Å². The Bertz CT molecular complexity index is 1250. The summed E-state index contributed by atoms with van der Waals surface area (Å²) in [6, 6.07) is 17.9. The standard InChI is InChI=1S/C18H16F2N2.C8H14N2O.HNOS/c19-18(20)9-10-22(12-18)17-8-4-2-6-14(17)16-11-13-5-1-3-7-15(13)21-16;1-3-8-9-4-5-10(8)6-7-11-2;1-3-2/h1-8,11,21H,9-10,12H2;4-5H,3,6-7H2,1-2H3;1H.